The van der Waals surface area contributed by atoms with Crippen molar-refractivity contribution >= 4 is 17.6 Å². The van der Waals surface area contributed by atoms with E-state index in [4.69, 9.17) is 9.47 Å². The van der Waals surface area contributed by atoms with E-state index in [1.54, 1.807) is 23.1 Å². The minimum Gasteiger partial charge on any atom is -0.490 e. The number of carbonyl (C=O) groups is 2. The molecule has 2 aliphatic rings. The molecule has 0 bridgehead atoms. The smallest absolute Gasteiger partial charge is 0.319 e. The Hall–Kier alpha value is -2.36. The van der Waals surface area contributed by atoms with Gasteiger partial charge in [0.15, 0.2) is 0 Å². The molecule has 9 nitrogen and oxygen atoms in total. The van der Waals surface area contributed by atoms with Gasteiger partial charge in [-0.2, -0.15) is 0 Å². The molecule has 0 aromatic heterocycles. The zero-order chi connectivity index (χ0) is 28.5. The summed E-state index contributed by atoms with van der Waals surface area (Å²) < 4.78 is 12.7. The molecule has 1 aliphatic carbocycles. The zero-order valence-electron chi connectivity index (χ0n) is 24.7. The number of anilines is 1. The molecule has 1 aliphatic heterocycles. The van der Waals surface area contributed by atoms with E-state index in [1.165, 1.54) is 12.8 Å². The Kier molecular flexibility index (Phi) is 11.9. The van der Waals surface area contributed by atoms with Gasteiger partial charge in [-0.1, -0.05) is 6.92 Å². The van der Waals surface area contributed by atoms with Gasteiger partial charge in [0.2, 0.25) is 0 Å². The SMILES string of the molecule is CC(C)NC(=O)Nc1ccc2c(c1)C(=O)N([C@H](C)CO)C[C@@H](C)[C@H](CN(C)CC1CC1)OCCCC[C@@H](C)O2. The third kappa shape index (κ3) is 9.96. The standard InChI is InChI=1S/C30H50N4O5/c1-20(2)31-30(37)32-25-12-13-27-26(15-25)29(36)34(22(4)19-35)16-21(3)28(18-33(6)17-24-10-11-24)38-14-8-7-9-23(5)39-27/h12-13,15,20-24,28,35H,7-11,14,16-19H2,1-6H3,(H2,31,32,37)/t21-,22-,23-,28+/m1/s1. The van der Waals surface area contributed by atoms with Gasteiger partial charge in [-0.25, -0.2) is 4.79 Å². The van der Waals surface area contributed by atoms with E-state index in [2.05, 4.69) is 29.5 Å². The van der Waals surface area contributed by atoms with Crippen molar-refractivity contribution in [2.75, 3.05) is 45.2 Å². The first-order valence-electron chi connectivity index (χ1n) is 14.7. The first-order valence-corrected chi connectivity index (χ1v) is 14.7. The Bertz CT molecular complexity index is 938. The van der Waals surface area contributed by atoms with Crippen molar-refractivity contribution in [1.29, 1.82) is 0 Å². The number of aliphatic hydroxyl groups excluding tert-OH is 1. The van der Waals surface area contributed by atoms with Gasteiger partial charge < -0.3 is 35.0 Å². The largest absolute Gasteiger partial charge is 0.490 e. The first-order chi connectivity index (χ1) is 18.6. The van der Waals surface area contributed by atoms with Crippen molar-refractivity contribution in [3.63, 3.8) is 0 Å². The number of nitrogens with one attached hydrogen (secondary N) is 2. The van der Waals surface area contributed by atoms with Crippen LogP contribution in [0.1, 0.15) is 77.1 Å². The zero-order valence-corrected chi connectivity index (χ0v) is 24.7. The number of hydrogen-bond acceptors (Lipinski definition) is 6. The molecule has 9 heteroatoms. The Morgan fingerprint density at radius 1 is 1.15 bits per heavy atom. The van der Waals surface area contributed by atoms with Crippen LogP contribution in [-0.4, -0.2) is 91.0 Å². The highest BCUT2D eigenvalue weighted by Gasteiger charge is 2.31. The van der Waals surface area contributed by atoms with E-state index in [-0.39, 0.29) is 42.7 Å². The number of nitrogens with zero attached hydrogens (tertiary/aromatic N) is 2. The third-order valence-corrected chi connectivity index (χ3v) is 7.49. The van der Waals surface area contributed by atoms with Crippen LogP contribution in [0.25, 0.3) is 0 Å². The maximum absolute atomic E-state index is 14.1. The molecule has 0 radical (unpaired) electrons. The lowest BCUT2D eigenvalue weighted by atomic mass is 10.0. The van der Waals surface area contributed by atoms with Crippen molar-refractivity contribution in [3.8, 4) is 5.75 Å². The van der Waals surface area contributed by atoms with Gasteiger partial charge in [0.05, 0.1) is 30.4 Å². The fourth-order valence-corrected chi connectivity index (χ4v) is 5.02. The number of likely N-dealkylation sites (N-methyl/N-ethyl adjacent to an activating group) is 1. The molecule has 0 unspecified atom stereocenters. The number of rotatable bonds is 8. The molecule has 1 heterocycles. The van der Waals surface area contributed by atoms with Crippen molar-refractivity contribution in [3.05, 3.63) is 23.8 Å². The van der Waals surface area contributed by atoms with Crippen molar-refractivity contribution < 1.29 is 24.2 Å². The van der Waals surface area contributed by atoms with Gasteiger partial charge >= 0.3 is 6.03 Å². The highest BCUT2D eigenvalue weighted by Crippen LogP contribution is 2.30. The summed E-state index contributed by atoms with van der Waals surface area (Å²) in [5.41, 5.74) is 0.877. The number of ether oxygens (including phenoxy) is 2. The van der Waals surface area contributed by atoms with Crippen molar-refractivity contribution in [1.82, 2.24) is 15.1 Å². The number of hydrogen-bond donors (Lipinski definition) is 3. The molecule has 0 saturated heterocycles. The third-order valence-electron chi connectivity index (χ3n) is 7.49. The summed E-state index contributed by atoms with van der Waals surface area (Å²) in [6.45, 7) is 12.6. The fraction of sp³-hybridized carbons (Fsp3) is 0.733. The van der Waals surface area contributed by atoms with Gasteiger partial charge in [-0.15, -0.1) is 0 Å². The van der Waals surface area contributed by atoms with Crippen molar-refractivity contribution in [2.24, 2.45) is 11.8 Å². The minimum absolute atomic E-state index is 0.0195. The van der Waals surface area contributed by atoms with E-state index in [0.717, 1.165) is 38.3 Å². The summed E-state index contributed by atoms with van der Waals surface area (Å²) >= 11 is 0. The maximum Gasteiger partial charge on any atom is 0.319 e. The quantitative estimate of drug-likeness (QED) is 0.448. The van der Waals surface area contributed by atoms with Crippen LogP contribution in [0.4, 0.5) is 10.5 Å². The molecule has 4 atom stereocenters. The second-order valence-corrected chi connectivity index (χ2v) is 11.9. The Labute approximate surface area is 234 Å². The molecule has 3 rings (SSSR count). The lowest BCUT2D eigenvalue weighted by molar-refractivity contribution is -0.0172. The second kappa shape index (κ2) is 14.9. The summed E-state index contributed by atoms with van der Waals surface area (Å²) in [6.07, 6.45) is 5.23. The molecule has 3 N–H and O–H groups in total. The molecule has 1 aromatic carbocycles. The number of carbonyl (C=O) groups excluding carboxylic acids is 2. The van der Waals surface area contributed by atoms with Gasteiger partial charge in [-0.05, 0) is 91.0 Å². The number of benzene rings is 1. The average Bonchev–Trinajstić information content (AvgIpc) is 3.69. The molecule has 39 heavy (non-hydrogen) atoms. The number of fused-ring (bicyclic) bond motifs is 1. The normalized spacial score (nSPS) is 24.1. The van der Waals surface area contributed by atoms with E-state index < -0.39 is 6.04 Å². The predicted octanol–water partition coefficient (Wildman–Crippen LogP) is 4.35. The highest BCUT2D eigenvalue weighted by atomic mass is 16.5. The van der Waals surface area contributed by atoms with Crippen LogP contribution in [0.15, 0.2) is 18.2 Å². The van der Waals surface area contributed by atoms with Crippen molar-refractivity contribution in [2.45, 2.75) is 91.0 Å². The molecule has 1 aromatic rings. The van der Waals surface area contributed by atoms with E-state index in [9.17, 15) is 14.7 Å². The van der Waals surface area contributed by atoms with Crippen LogP contribution in [-0.2, 0) is 4.74 Å². The Morgan fingerprint density at radius 2 is 1.90 bits per heavy atom. The second-order valence-electron chi connectivity index (χ2n) is 11.9. The molecule has 3 amide bonds. The summed E-state index contributed by atoms with van der Waals surface area (Å²) in [4.78, 5) is 30.5. The van der Waals surface area contributed by atoms with E-state index in [1.807, 2.05) is 27.7 Å². The van der Waals surface area contributed by atoms with Gasteiger partial charge in [-0.3, -0.25) is 4.79 Å². The maximum atomic E-state index is 14.1. The van der Waals surface area contributed by atoms with Crippen LogP contribution in [0.5, 0.6) is 5.75 Å². The van der Waals surface area contributed by atoms with Crippen LogP contribution >= 0.6 is 0 Å². The van der Waals surface area contributed by atoms with Gasteiger partial charge in [0.25, 0.3) is 5.91 Å². The minimum atomic E-state index is -0.399. The number of urea groups is 1. The monoisotopic (exact) mass is 546 g/mol. The lowest BCUT2D eigenvalue weighted by Gasteiger charge is -2.36. The molecular weight excluding hydrogens is 496 g/mol. The van der Waals surface area contributed by atoms with Crippen LogP contribution in [0.2, 0.25) is 0 Å². The van der Waals surface area contributed by atoms with Crippen LogP contribution in [0, 0.1) is 11.8 Å². The topological polar surface area (TPSA) is 103 Å². The number of aliphatic hydroxyl groups is 1. The van der Waals surface area contributed by atoms with Gasteiger partial charge in [0.1, 0.15) is 5.75 Å². The van der Waals surface area contributed by atoms with E-state index >= 15 is 0 Å². The summed E-state index contributed by atoms with van der Waals surface area (Å²) in [7, 11) is 2.15. The molecule has 220 valence electrons. The molecule has 0 spiro atoms. The fourth-order valence-electron chi connectivity index (χ4n) is 5.02. The Morgan fingerprint density at radius 3 is 2.56 bits per heavy atom. The molecule has 1 saturated carbocycles. The Balaban J connectivity index is 1.91. The predicted molar refractivity (Wildman–Crippen MR) is 154 cm³/mol. The molecular formula is C30H50N4O5. The van der Waals surface area contributed by atoms with Crippen LogP contribution < -0.4 is 15.4 Å². The highest BCUT2D eigenvalue weighted by molar-refractivity contribution is 5.99. The van der Waals surface area contributed by atoms with Gasteiger partial charge in [0, 0.05) is 43.9 Å². The number of amides is 3. The summed E-state index contributed by atoms with van der Waals surface area (Å²) in [6, 6.07) is 4.43. The lowest BCUT2D eigenvalue weighted by Crippen LogP contribution is -2.47. The summed E-state index contributed by atoms with van der Waals surface area (Å²) in [5, 5.41) is 15.7. The first kappa shape index (κ1) is 31.2. The molecule has 1 fully saturated rings. The average molecular weight is 547 g/mol. The van der Waals surface area contributed by atoms with Crippen LogP contribution in [0.3, 0.4) is 0 Å². The summed E-state index contributed by atoms with van der Waals surface area (Å²) in [5.74, 6) is 1.09. The van der Waals surface area contributed by atoms with E-state index in [0.29, 0.717) is 30.2 Å².